The molecule has 9 nitrogen and oxygen atoms in total. The molecule has 1 aromatic carbocycles. The van der Waals surface area contributed by atoms with E-state index in [0.29, 0.717) is 30.7 Å². The van der Waals surface area contributed by atoms with Crippen molar-refractivity contribution in [3.05, 3.63) is 35.1 Å². The molecule has 210 valence electrons. The van der Waals surface area contributed by atoms with E-state index in [2.05, 4.69) is 5.32 Å². The van der Waals surface area contributed by atoms with Gasteiger partial charge >= 0.3 is 12.1 Å². The van der Waals surface area contributed by atoms with Crippen molar-refractivity contribution in [1.29, 1.82) is 0 Å². The second-order valence-corrected chi connectivity index (χ2v) is 11.5. The number of nitrogens with one attached hydrogen (secondary N) is 1. The maximum atomic E-state index is 14.4. The molecule has 2 aliphatic heterocycles. The van der Waals surface area contributed by atoms with Crippen LogP contribution in [0.3, 0.4) is 0 Å². The molecule has 2 unspecified atom stereocenters. The summed E-state index contributed by atoms with van der Waals surface area (Å²) in [5.74, 6) is -5.35. The van der Waals surface area contributed by atoms with Gasteiger partial charge in [0.1, 0.15) is 11.4 Å². The third-order valence-electron chi connectivity index (χ3n) is 6.28. The Bertz CT molecular complexity index is 1080. The Kier molecular flexibility index (Phi) is 9.55. The number of halogens is 3. The van der Waals surface area contributed by atoms with Gasteiger partial charge in [-0.05, 0) is 51.7 Å². The molecule has 0 radical (unpaired) electrons. The Morgan fingerprint density at radius 2 is 1.71 bits per heavy atom. The van der Waals surface area contributed by atoms with Crippen LogP contribution >= 0.6 is 11.8 Å². The minimum absolute atomic E-state index is 0.234. The summed E-state index contributed by atoms with van der Waals surface area (Å²) in [5.41, 5.74) is -1.09. The molecule has 2 heterocycles. The number of carbonyl (C=O) groups excluding carboxylic acids is 3. The molecule has 2 fully saturated rings. The van der Waals surface area contributed by atoms with Gasteiger partial charge in [0.25, 0.3) is 5.91 Å². The number of hydrogen-bond acceptors (Lipinski definition) is 6. The first-order valence-corrected chi connectivity index (χ1v) is 13.4. The van der Waals surface area contributed by atoms with E-state index in [9.17, 15) is 37.5 Å². The fraction of sp³-hybridized carbons (Fsp3) is 0.600. The Hall–Kier alpha value is -2.96. The summed E-state index contributed by atoms with van der Waals surface area (Å²) in [6, 6.07) is 0.0398. The lowest BCUT2D eigenvalue weighted by atomic mass is 9.97. The molecule has 3 amide bonds. The van der Waals surface area contributed by atoms with Crippen LogP contribution in [0, 0.1) is 23.4 Å². The van der Waals surface area contributed by atoms with Gasteiger partial charge in [0.2, 0.25) is 5.91 Å². The minimum Gasteiger partial charge on any atom is -0.481 e. The van der Waals surface area contributed by atoms with E-state index in [4.69, 9.17) is 4.74 Å². The summed E-state index contributed by atoms with van der Waals surface area (Å²) in [6.45, 7) is 5.72. The minimum atomic E-state index is -1.36. The van der Waals surface area contributed by atoms with Crippen LogP contribution in [0.25, 0.3) is 0 Å². The van der Waals surface area contributed by atoms with Crippen molar-refractivity contribution in [1.82, 2.24) is 15.1 Å². The highest BCUT2D eigenvalue weighted by Gasteiger charge is 2.39. The van der Waals surface area contributed by atoms with Gasteiger partial charge in [-0.25, -0.2) is 18.0 Å². The Balaban J connectivity index is 1.72. The number of benzene rings is 1. The quantitative estimate of drug-likeness (QED) is 0.493. The highest BCUT2D eigenvalue weighted by Crippen LogP contribution is 2.29. The summed E-state index contributed by atoms with van der Waals surface area (Å²) in [7, 11) is 0. The first-order chi connectivity index (χ1) is 17.7. The number of carboxylic acids is 1. The molecule has 38 heavy (non-hydrogen) atoms. The van der Waals surface area contributed by atoms with E-state index in [1.54, 1.807) is 25.7 Å². The maximum absolute atomic E-state index is 14.4. The van der Waals surface area contributed by atoms with Gasteiger partial charge in [-0.1, -0.05) is 0 Å². The highest BCUT2D eigenvalue weighted by molar-refractivity contribution is 8.00. The monoisotopic (exact) mass is 559 g/mol. The van der Waals surface area contributed by atoms with Gasteiger partial charge < -0.3 is 25.0 Å². The van der Waals surface area contributed by atoms with Crippen molar-refractivity contribution in [2.24, 2.45) is 5.92 Å². The predicted octanol–water partition coefficient (Wildman–Crippen LogP) is 3.15. The number of aliphatic carboxylic acids is 1. The lowest BCUT2D eigenvalue weighted by Gasteiger charge is -2.34. The lowest BCUT2D eigenvalue weighted by Crippen LogP contribution is -2.51. The average Bonchev–Trinajstić information content (AvgIpc) is 3.31. The van der Waals surface area contributed by atoms with Crippen LogP contribution in [0.1, 0.15) is 45.6 Å². The predicted molar refractivity (Wildman–Crippen MR) is 133 cm³/mol. The number of carbonyl (C=O) groups is 4. The lowest BCUT2D eigenvalue weighted by molar-refractivity contribution is -0.147. The van der Waals surface area contributed by atoms with E-state index in [0.717, 1.165) is 0 Å². The number of likely N-dealkylation sites (tertiary alicyclic amines) is 1. The fourth-order valence-electron chi connectivity index (χ4n) is 4.40. The van der Waals surface area contributed by atoms with Crippen LogP contribution in [0.15, 0.2) is 12.1 Å². The van der Waals surface area contributed by atoms with Crippen molar-refractivity contribution >= 4 is 35.6 Å². The smallest absolute Gasteiger partial charge is 0.407 e. The molecule has 0 spiro atoms. The van der Waals surface area contributed by atoms with Gasteiger partial charge in [0, 0.05) is 43.9 Å². The summed E-state index contributed by atoms with van der Waals surface area (Å²) in [5, 5.41) is 10.9. The SMILES string of the molecule is CC(C)(C)OC(=O)NC(CC(=O)N1CCSC1C(=O)N1CCC(C(=O)O)CC1)Cc1cc(F)c(F)cc1F. The molecule has 2 N–H and O–H groups in total. The number of nitrogens with zero attached hydrogens (tertiary/aromatic N) is 2. The number of hydrogen-bond donors (Lipinski definition) is 2. The topological polar surface area (TPSA) is 116 Å². The van der Waals surface area contributed by atoms with Crippen LogP contribution in [-0.2, 0) is 25.5 Å². The summed E-state index contributed by atoms with van der Waals surface area (Å²) in [6.07, 6.45) is -0.885. The summed E-state index contributed by atoms with van der Waals surface area (Å²) < 4.78 is 46.8. The summed E-state index contributed by atoms with van der Waals surface area (Å²) >= 11 is 1.28. The third kappa shape index (κ3) is 7.78. The van der Waals surface area contributed by atoms with Gasteiger partial charge in [-0.3, -0.25) is 14.4 Å². The number of piperidine rings is 1. The molecular formula is C25H32F3N3O6S. The Morgan fingerprint density at radius 1 is 1.08 bits per heavy atom. The molecule has 0 saturated carbocycles. The third-order valence-corrected chi connectivity index (χ3v) is 7.47. The molecule has 0 aliphatic carbocycles. The number of alkyl carbamates (subject to hydrolysis) is 1. The second kappa shape index (κ2) is 12.3. The zero-order valence-corrected chi connectivity index (χ0v) is 22.3. The van der Waals surface area contributed by atoms with Crippen molar-refractivity contribution in [2.75, 3.05) is 25.4 Å². The van der Waals surface area contributed by atoms with E-state index >= 15 is 0 Å². The van der Waals surface area contributed by atoms with Gasteiger partial charge in [0.15, 0.2) is 17.0 Å². The fourth-order valence-corrected chi connectivity index (χ4v) is 5.62. The second-order valence-electron chi connectivity index (χ2n) is 10.4. The Labute approximate surface area is 223 Å². The zero-order chi connectivity index (χ0) is 28.2. The van der Waals surface area contributed by atoms with Gasteiger partial charge in [0.05, 0.1) is 5.92 Å². The highest BCUT2D eigenvalue weighted by atomic mass is 32.2. The van der Waals surface area contributed by atoms with Crippen molar-refractivity contribution in [2.45, 2.75) is 63.5 Å². The van der Waals surface area contributed by atoms with Crippen LogP contribution in [0.2, 0.25) is 0 Å². The molecule has 3 rings (SSSR count). The van der Waals surface area contributed by atoms with Crippen LogP contribution in [0.5, 0.6) is 0 Å². The first-order valence-electron chi connectivity index (χ1n) is 12.3. The maximum Gasteiger partial charge on any atom is 0.407 e. The molecule has 2 saturated heterocycles. The summed E-state index contributed by atoms with van der Waals surface area (Å²) in [4.78, 5) is 53.0. The molecule has 2 atom stereocenters. The molecule has 0 bridgehead atoms. The first kappa shape index (κ1) is 29.6. The van der Waals surface area contributed by atoms with Crippen molar-refractivity contribution < 1.29 is 42.2 Å². The number of carboxylic acid groups (broad SMARTS) is 1. The van der Waals surface area contributed by atoms with Gasteiger partial charge in [-0.15, -0.1) is 11.8 Å². The van der Waals surface area contributed by atoms with E-state index in [-0.39, 0.29) is 43.9 Å². The van der Waals surface area contributed by atoms with E-state index in [1.165, 1.54) is 16.7 Å². The molecule has 0 aromatic heterocycles. The zero-order valence-electron chi connectivity index (χ0n) is 21.5. The number of amides is 3. The number of rotatable bonds is 7. The van der Waals surface area contributed by atoms with E-state index in [1.807, 2.05) is 0 Å². The van der Waals surface area contributed by atoms with Crippen LogP contribution in [-0.4, -0.2) is 81.2 Å². The molecule has 1 aromatic rings. The normalized spacial score (nSPS) is 19.3. The van der Waals surface area contributed by atoms with Crippen LogP contribution < -0.4 is 5.32 Å². The Morgan fingerprint density at radius 3 is 2.32 bits per heavy atom. The standard InChI is InChI=1S/C25H32F3N3O6S/c1-25(2,3)37-24(36)29-16(10-15-11-18(27)19(28)13-17(15)26)12-20(32)31-8-9-38-22(31)21(33)30-6-4-14(5-7-30)23(34)35/h11,13-14,16,22H,4-10,12H2,1-3H3,(H,29,36)(H,34,35). The van der Waals surface area contributed by atoms with Gasteiger partial charge in [-0.2, -0.15) is 0 Å². The average molecular weight is 560 g/mol. The van der Waals surface area contributed by atoms with E-state index < -0.39 is 58.4 Å². The molecular weight excluding hydrogens is 527 g/mol. The largest absolute Gasteiger partial charge is 0.481 e. The molecule has 13 heteroatoms. The number of thioether (sulfide) groups is 1. The molecule has 2 aliphatic rings. The van der Waals surface area contributed by atoms with Crippen LogP contribution in [0.4, 0.5) is 18.0 Å². The van der Waals surface area contributed by atoms with Crippen molar-refractivity contribution in [3.63, 3.8) is 0 Å². The van der Waals surface area contributed by atoms with Crippen molar-refractivity contribution in [3.8, 4) is 0 Å². The number of ether oxygens (including phenoxy) is 1.